The standard InChI is InChI=1S/C24H29N5O2/c1-16-11-29-13-22(26-24(29)17(2)25-16)19-9-18-5-6-20(10-23(18)31-15-30-14-19)28(4)21-7-8-27(3)12-21/h5-6,9-11,13,21H,7-8,12,14-15H2,1-4H3/b19-9+/t21-/m1/s1. The Bertz CT molecular complexity index is 1150. The van der Waals surface area contributed by atoms with Crippen LogP contribution in [0.25, 0.3) is 17.3 Å². The normalized spacial score (nSPS) is 21.2. The van der Waals surface area contributed by atoms with Crippen molar-refractivity contribution >= 4 is 23.0 Å². The Morgan fingerprint density at radius 2 is 2.03 bits per heavy atom. The third-order valence-electron chi connectivity index (χ3n) is 6.26. The first-order chi connectivity index (χ1) is 15.0. The molecule has 0 spiro atoms. The summed E-state index contributed by atoms with van der Waals surface area (Å²) in [4.78, 5) is 14.1. The zero-order valence-corrected chi connectivity index (χ0v) is 18.6. The largest absolute Gasteiger partial charge is 0.467 e. The molecule has 4 heterocycles. The number of fused-ring (bicyclic) bond motifs is 2. The third-order valence-corrected chi connectivity index (χ3v) is 6.26. The maximum atomic E-state index is 5.94. The summed E-state index contributed by atoms with van der Waals surface area (Å²) in [5.41, 5.74) is 6.91. The van der Waals surface area contributed by atoms with E-state index in [0.717, 1.165) is 52.7 Å². The van der Waals surface area contributed by atoms with Crippen molar-refractivity contribution in [2.24, 2.45) is 0 Å². The molecule has 162 valence electrons. The van der Waals surface area contributed by atoms with Crippen molar-refractivity contribution in [1.29, 1.82) is 0 Å². The van der Waals surface area contributed by atoms with Gasteiger partial charge in [0, 0.05) is 54.9 Å². The van der Waals surface area contributed by atoms with E-state index in [1.54, 1.807) is 0 Å². The molecule has 0 amide bonds. The highest BCUT2D eigenvalue weighted by Gasteiger charge is 2.24. The molecule has 7 nitrogen and oxygen atoms in total. The van der Waals surface area contributed by atoms with Gasteiger partial charge in [-0.25, -0.2) is 4.98 Å². The van der Waals surface area contributed by atoms with Gasteiger partial charge in [0.15, 0.2) is 12.4 Å². The van der Waals surface area contributed by atoms with Gasteiger partial charge in [-0.2, -0.15) is 0 Å². The molecule has 2 aliphatic rings. The fourth-order valence-corrected chi connectivity index (χ4v) is 4.52. The second-order valence-electron chi connectivity index (χ2n) is 8.64. The number of rotatable bonds is 3. The SMILES string of the molecule is Cc1cn2cc(/C3=C/c4ccc(N(C)[C@@H]5CCN(C)C5)cc4OCOC3)nc2c(C)n1. The van der Waals surface area contributed by atoms with Gasteiger partial charge < -0.3 is 23.7 Å². The molecule has 1 fully saturated rings. The number of nitrogens with zero attached hydrogens (tertiary/aromatic N) is 5. The number of benzene rings is 1. The monoisotopic (exact) mass is 419 g/mol. The average Bonchev–Trinajstić information content (AvgIpc) is 3.34. The Hall–Kier alpha value is -2.90. The maximum absolute atomic E-state index is 5.94. The van der Waals surface area contributed by atoms with E-state index >= 15 is 0 Å². The van der Waals surface area contributed by atoms with Crippen molar-refractivity contribution in [3.63, 3.8) is 0 Å². The number of imidazole rings is 1. The van der Waals surface area contributed by atoms with Crippen LogP contribution >= 0.6 is 0 Å². The van der Waals surface area contributed by atoms with Crippen LogP contribution in [0.5, 0.6) is 5.75 Å². The minimum Gasteiger partial charge on any atom is -0.467 e. The molecule has 7 heteroatoms. The molecule has 2 aromatic heterocycles. The number of likely N-dealkylation sites (N-methyl/N-ethyl adjacent to an activating group) is 2. The summed E-state index contributed by atoms with van der Waals surface area (Å²) in [5.74, 6) is 0.838. The van der Waals surface area contributed by atoms with Gasteiger partial charge in [-0.1, -0.05) is 0 Å². The number of hydrogen-bond acceptors (Lipinski definition) is 6. The van der Waals surface area contributed by atoms with E-state index < -0.39 is 0 Å². The first-order valence-corrected chi connectivity index (χ1v) is 10.8. The lowest BCUT2D eigenvalue weighted by molar-refractivity contribution is 0.0324. The van der Waals surface area contributed by atoms with Crippen LogP contribution in [0.1, 0.15) is 29.1 Å². The molecule has 1 saturated heterocycles. The molecule has 0 N–H and O–H groups in total. The highest BCUT2D eigenvalue weighted by Crippen LogP contribution is 2.32. The van der Waals surface area contributed by atoms with Gasteiger partial charge in [0.05, 0.1) is 23.7 Å². The fraction of sp³-hybridized carbons (Fsp3) is 0.417. The Morgan fingerprint density at radius 3 is 2.84 bits per heavy atom. The fourth-order valence-electron chi connectivity index (χ4n) is 4.52. The number of ether oxygens (including phenoxy) is 2. The molecule has 1 aromatic carbocycles. The van der Waals surface area contributed by atoms with Gasteiger partial charge in [-0.05, 0) is 52.1 Å². The number of aryl methyl sites for hydroxylation is 2. The van der Waals surface area contributed by atoms with E-state index in [0.29, 0.717) is 12.6 Å². The van der Waals surface area contributed by atoms with Crippen LogP contribution in [0.2, 0.25) is 0 Å². The van der Waals surface area contributed by atoms with Crippen molar-refractivity contribution in [3.8, 4) is 5.75 Å². The summed E-state index contributed by atoms with van der Waals surface area (Å²) >= 11 is 0. The molecule has 0 bridgehead atoms. The van der Waals surface area contributed by atoms with Crippen molar-refractivity contribution < 1.29 is 9.47 Å². The average molecular weight is 420 g/mol. The topological polar surface area (TPSA) is 55.1 Å². The number of aromatic nitrogens is 3. The lowest BCUT2D eigenvalue weighted by Gasteiger charge is -2.27. The second kappa shape index (κ2) is 7.98. The lowest BCUT2D eigenvalue weighted by Crippen LogP contribution is -2.33. The van der Waals surface area contributed by atoms with Gasteiger partial charge in [-0.3, -0.25) is 4.98 Å². The zero-order valence-electron chi connectivity index (χ0n) is 18.6. The quantitative estimate of drug-likeness (QED) is 0.649. The molecule has 5 rings (SSSR count). The van der Waals surface area contributed by atoms with E-state index in [4.69, 9.17) is 14.5 Å². The van der Waals surface area contributed by atoms with Crippen molar-refractivity contribution in [3.05, 3.63) is 53.2 Å². The minimum absolute atomic E-state index is 0.219. The summed E-state index contributed by atoms with van der Waals surface area (Å²) < 4.78 is 13.8. The number of anilines is 1. The molecule has 3 aromatic rings. The van der Waals surface area contributed by atoms with E-state index in [1.165, 1.54) is 12.1 Å². The summed E-state index contributed by atoms with van der Waals surface area (Å²) in [5, 5.41) is 0. The van der Waals surface area contributed by atoms with Crippen LogP contribution in [0.3, 0.4) is 0 Å². The molecule has 0 aliphatic carbocycles. The summed E-state index contributed by atoms with van der Waals surface area (Å²) in [7, 11) is 4.35. The van der Waals surface area contributed by atoms with Crippen LogP contribution < -0.4 is 9.64 Å². The minimum atomic E-state index is 0.219. The Morgan fingerprint density at radius 1 is 1.16 bits per heavy atom. The van der Waals surface area contributed by atoms with E-state index in [9.17, 15) is 0 Å². The molecular formula is C24H29N5O2. The predicted molar refractivity (Wildman–Crippen MR) is 123 cm³/mol. The summed E-state index contributed by atoms with van der Waals surface area (Å²) in [6, 6.07) is 6.96. The van der Waals surface area contributed by atoms with Gasteiger partial charge in [-0.15, -0.1) is 0 Å². The van der Waals surface area contributed by atoms with Gasteiger partial charge in [0.25, 0.3) is 0 Å². The first kappa shape index (κ1) is 20.0. The zero-order chi connectivity index (χ0) is 21.5. The number of likely N-dealkylation sites (tertiary alicyclic amines) is 1. The Labute approximate surface area is 182 Å². The molecule has 2 aliphatic heterocycles. The smallest absolute Gasteiger partial charge is 0.189 e. The third kappa shape index (κ3) is 3.91. The van der Waals surface area contributed by atoms with Crippen molar-refractivity contribution in [2.45, 2.75) is 26.3 Å². The molecule has 0 unspecified atom stereocenters. The predicted octanol–water partition coefficient (Wildman–Crippen LogP) is 3.39. The highest BCUT2D eigenvalue weighted by atomic mass is 16.7. The van der Waals surface area contributed by atoms with Crippen LogP contribution in [-0.4, -0.2) is 65.9 Å². The molecule has 0 radical (unpaired) electrons. The van der Waals surface area contributed by atoms with Gasteiger partial charge in [0.2, 0.25) is 0 Å². The van der Waals surface area contributed by atoms with Crippen LogP contribution in [0, 0.1) is 13.8 Å². The lowest BCUT2D eigenvalue weighted by atomic mass is 10.1. The van der Waals surface area contributed by atoms with E-state index in [-0.39, 0.29) is 6.79 Å². The van der Waals surface area contributed by atoms with E-state index in [1.807, 2.05) is 30.6 Å². The van der Waals surface area contributed by atoms with Gasteiger partial charge >= 0.3 is 0 Å². The Balaban J connectivity index is 1.49. The van der Waals surface area contributed by atoms with Crippen LogP contribution in [-0.2, 0) is 4.74 Å². The molecule has 0 saturated carbocycles. The molecule has 31 heavy (non-hydrogen) atoms. The molecule has 1 atom stereocenters. The highest BCUT2D eigenvalue weighted by molar-refractivity contribution is 5.84. The Kier molecular flexibility index (Phi) is 5.16. The van der Waals surface area contributed by atoms with E-state index in [2.05, 4.69) is 53.2 Å². The van der Waals surface area contributed by atoms with Crippen LogP contribution in [0.15, 0.2) is 30.6 Å². The summed E-state index contributed by atoms with van der Waals surface area (Å²) in [6.07, 6.45) is 7.36. The maximum Gasteiger partial charge on any atom is 0.189 e. The van der Waals surface area contributed by atoms with Crippen molar-refractivity contribution in [2.75, 3.05) is 45.5 Å². The second-order valence-corrected chi connectivity index (χ2v) is 8.64. The molecular weight excluding hydrogens is 390 g/mol. The van der Waals surface area contributed by atoms with Crippen molar-refractivity contribution in [1.82, 2.24) is 19.3 Å². The van der Waals surface area contributed by atoms with Gasteiger partial charge in [0.1, 0.15) is 5.75 Å². The number of hydrogen-bond donors (Lipinski definition) is 0. The summed E-state index contributed by atoms with van der Waals surface area (Å²) in [6.45, 7) is 6.89. The first-order valence-electron chi connectivity index (χ1n) is 10.8. The van der Waals surface area contributed by atoms with Crippen LogP contribution in [0.4, 0.5) is 5.69 Å².